The predicted octanol–water partition coefficient (Wildman–Crippen LogP) is 2.41. The molecule has 0 N–H and O–H groups in total. The van der Waals surface area contributed by atoms with E-state index in [1.165, 1.54) is 7.11 Å². The van der Waals surface area contributed by atoms with E-state index in [4.69, 9.17) is 14.2 Å². The van der Waals surface area contributed by atoms with E-state index in [1.807, 2.05) is 0 Å². The van der Waals surface area contributed by atoms with Crippen LogP contribution in [0.3, 0.4) is 0 Å². The second-order valence-corrected chi connectivity index (χ2v) is 5.34. The molecule has 0 aromatic rings. The van der Waals surface area contributed by atoms with Crippen molar-refractivity contribution in [3.05, 3.63) is 0 Å². The van der Waals surface area contributed by atoms with E-state index in [1.54, 1.807) is 0 Å². The third-order valence-corrected chi connectivity index (χ3v) is 3.24. The van der Waals surface area contributed by atoms with Crippen molar-refractivity contribution in [3.8, 4) is 0 Å². The first kappa shape index (κ1) is 15.4. The Morgan fingerprint density at radius 3 is 2.39 bits per heavy atom. The van der Waals surface area contributed by atoms with Crippen molar-refractivity contribution in [3.63, 3.8) is 0 Å². The van der Waals surface area contributed by atoms with Crippen LogP contribution in [0.15, 0.2) is 0 Å². The highest BCUT2D eigenvalue weighted by Gasteiger charge is 2.27. The molecule has 106 valence electrons. The monoisotopic (exact) mass is 258 g/mol. The highest BCUT2D eigenvalue weighted by molar-refractivity contribution is 5.72. The molecule has 0 aliphatic heterocycles. The van der Waals surface area contributed by atoms with Crippen LogP contribution in [0, 0.1) is 11.8 Å². The Morgan fingerprint density at radius 2 is 1.83 bits per heavy atom. The molecule has 0 spiro atoms. The molecule has 0 saturated heterocycles. The first-order valence-corrected chi connectivity index (χ1v) is 6.90. The molecule has 4 nitrogen and oxygen atoms in total. The first-order valence-electron chi connectivity index (χ1n) is 6.90. The number of hydrogen-bond acceptors (Lipinski definition) is 4. The van der Waals surface area contributed by atoms with Crippen LogP contribution < -0.4 is 0 Å². The van der Waals surface area contributed by atoms with Gasteiger partial charge in [0.2, 0.25) is 0 Å². The van der Waals surface area contributed by atoms with Crippen molar-refractivity contribution >= 4 is 5.97 Å². The number of carbonyl (C=O) groups excluding carboxylic acids is 1. The van der Waals surface area contributed by atoms with Crippen molar-refractivity contribution in [2.75, 3.05) is 26.9 Å². The van der Waals surface area contributed by atoms with E-state index in [0.29, 0.717) is 19.1 Å². The van der Waals surface area contributed by atoms with Crippen molar-refractivity contribution in [1.82, 2.24) is 0 Å². The van der Waals surface area contributed by atoms with Crippen LogP contribution in [0.2, 0.25) is 0 Å². The minimum Gasteiger partial charge on any atom is -0.469 e. The van der Waals surface area contributed by atoms with E-state index in [0.717, 1.165) is 32.3 Å². The molecule has 0 heterocycles. The van der Waals surface area contributed by atoms with E-state index < -0.39 is 0 Å². The molecule has 1 aliphatic rings. The maximum Gasteiger partial charge on any atom is 0.308 e. The molecule has 1 saturated carbocycles. The van der Waals surface area contributed by atoms with Gasteiger partial charge in [-0.1, -0.05) is 13.8 Å². The third-order valence-electron chi connectivity index (χ3n) is 3.24. The maximum atomic E-state index is 11.4. The highest BCUT2D eigenvalue weighted by atomic mass is 16.5. The van der Waals surface area contributed by atoms with Gasteiger partial charge in [0, 0.05) is 6.61 Å². The van der Waals surface area contributed by atoms with Gasteiger partial charge in [-0.25, -0.2) is 0 Å². The number of rotatable bonds is 7. The zero-order valence-electron chi connectivity index (χ0n) is 11.8. The molecule has 0 amide bonds. The number of carbonyl (C=O) groups is 1. The fraction of sp³-hybridized carbons (Fsp3) is 0.929. The van der Waals surface area contributed by atoms with Gasteiger partial charge in [-0.15, -0.1) is 0 Å². The van der Waals surface area contributed by atoms with E-state index in [9.17, 15) is 4.79 Å². The Labute approximate surface area is 110 Å². The predicted molar refractivity (Wildman–Crippen MR) is 69.4 cm³/mol. The third kappa shape index (κ3) is 5.83. The molecule has 0 unspecified atom stereocenters. The van der Waals surface area contributed by atoms with Crippen molar-refractivity contribution in [1.29, 1.82) is 0 Å². The van der Waals surface area contributed by atoms with Crippen molar-refractivity contribution in [2.24, 2.45) is 11.8 Å². The molecular formula is C14H26O4. The van der Waals surface area contributed by atoms with Gasteiger partial charge in [0.1, 0.15) is 0 Å². The number of ether oxygens (including phenoxy) is 3. The molecule has 1 aliphatic carbocycles. The summed E-state index contributed by atoms with van der Waals surface area (Å²) >= 11 is 0. The van der Waals surface area contributed by atoms with Gasteiger partial charge in [-0.3, -0.25) is 4.79 Å². The van der Waals surface area contributed by atoms with Crippen LogP contribution in [0.1, 0.15) is 39.5 Å². The van der Waals surface area contributed by atoms with Crippen LogP contribution >= 0.6 is 0 Å². The standard InChI is InChI=1S/C14H26O4/c1-11(2)10-17-8-9-18-13-6-4-12(5-7-13)14(15)16-3/h11-13H,4-10H2,1-3H3. The van der Waals surface area contributed by atoms with Gasteiger partial charge in [-0.2, -0.15) is 0 Å². The van der Waals surface area contributed by atoms with Gasteiger partial charge < -0.3 is 14.2 Å². The normalized spacial score (nSPS) is 24.2. The topological polar surface area (TPSA) is 44.8 Å². The lowest BCUT2D eigenvalue weighted by atomic mass is 9.87. The Kier molecular flexibility index (Phi) is 7.28. The number of methoxy groups -OCH3 is 1. The minimum absolute atomic E-state index is 0.0753. The summed E-state index contributed by atoms with van der Waals surface area (Å²) in [6.45, 7) is 6.37. The smallest absolute Gasteiger partial charge is 0.308 e. The molecule has 0 bridgehead atoms. The molecule has 0 aromatic carbocycles. The Bertz CT molecular complexity index is 232. The first-order chi connectivity index (χ1) is 8.63. The van der Waals surface area contributed by atoms with E-state index in [2.05, 4.69) is 13.8 Å². The second kappa shape index (κ2) is 8.48. The Hall–Kier alpha value is -0.610. The lowest BCUT2D eigenvalue weighted by molar-refractivity contribution is -0.147. The Morgan fingerprint density at radius 1 is 1.17 bits per heavy atom. The highest BCUT2D eigenvalue weighted by Crippen LogP contribution is 2.26. The fourth-order valence-electron chi connectivity index (χ4n) is 2.22. The summed E-state index contributed by atoms with van der Waals surface area (Å²) in [7, 11) is 1.46. The maximum absolute atomic E-state index is 11.4. The molecule has 1 rings (SSSR count). The summed E-state index contributed by atoms with van der Waals surface area (Å²) < 4.78 is 16.0. The van der Waals surface area contributed by atoms with Crippen LogP contribution in [0.4, 0.5) is 0 Å². The zero-order valence-corrected chi connectivity index (χ0v) is 11.8. The van der Waals surface area contributed by atoms with Gasteiger partial charge in [0.15, 0.2) is 0 Å². The van der Waals surface area contributed by atoms with Crippen LogP contribution in [-0.4, -0.2) is 39.0 Å². The average Bonchev–Trinajstić information content (AvgIpc) is 2.38. The molecule has 1 fully saturated rings. The van der Waals surface area contributed by atoms with Crippen molar-refractivity contribution < 1.29 is 19.0 Å². The van der Waals surface area contributed by atoms with Gasteiger partial charge in [-0.05, 0) is 31.6 Å². The van der Waals surface area contributed by atoms with Crippen molar-refractivity contribution in [2.45, 2.75) is 45.6 Å². The lowest BCUT2D eigenvalue weighted by Crippen LogP contribution is -2.27. The zero-order chi connectivity index (χ0) is 13.4. The average molecular weight is 258 g/mol. The summed E-state index contributed by atoms with van der Waals surface area (Å²) in [5, 5.41) is 0. The van der Waals surface area contributed by atoms with E-state index in [-0.39, 0.29) is 18.0 Å². The summed E-state index contributed by atoms with van der Waals surface area (Å²) in [4.78, 5) is 11.4. The number of hydrogen-bond donors (Lipinski definition) is 0. The Balaban J connectivity index is 2.04. The second-order valence-electron chi connectivity index (χ2n) is 5.34. The van der Waals surface area contributed by atoms with E-state index >= 15 is 0 Å². The largest absolute Gasteiger partial charge is 0.469 e. The number of esters is 1. The fourth-order valence-corrected chi connectivity index (χ4v) is 2.22. The van der Waals surface area contributed by atoms with Crippen LogP contribution in [-0.2, 0) is 19.0 Å². The molecule has 0 atom stereocenters. The molecular weight excluding hydrogens is 232 g/mol. The summed E-state index contributed by atoms with van der Waals surface area (Å²) in [5.41, 5.74) is 0. The molecule has 18 heavy (non-hydrogen) atoms. The molecule has 0 radical (unpaired) electrons. The summed E-state index contributed by atoms with van der Waals surface area (Å²) in [6.07, 6.45) is 3.94. The van der Waals surface area contributed by atoms with Gasteiger partial charge >= 0.3 is 5.97 Å². The molecule has 0 aromatic heterocycles. The van der Waals surface area contributed by atoms with Crippen LogP contribution in [0.5, 0.6) is 0 Å². The summed E-state index contributed by atoms with van der Waals surface area (Å²) in [5.74, 6) is 0.571. The lowest BCUT2D eigenvalue weighted by Gasteiger charge is -2.26. The summed E-state index contributed by atoms with van der Waals surface area (Å²) in [6, 6.07) is 0. The molecule has 4 heteroatoms. The van der Waals surface area contributed by atoms with Gasteiger partial charge in [0.25, 0.3) is 0 Å². The van der Waals surface area contributed by atoms with Gasteiger partial charge in [0.05, 0.1) is 32.3 Å². The SMILES string of the molecule is COC(=O)C1CCC(OCCOCC(C)C)CC1. The minimum atomic E-state index is -0.0753. The quantitative estimate of drug-likeness (QED) is 0.519. The van der Waals surface area contributed by atoms with Crippen LogP contribution in [0.25, 0.3) is 0 Å².